The predicted octanol–water partition coefficient (Wildman–Crippen LogP) is 5.75. The first-order chi connectivity index (χ1) is 17.7. The lowest BCUT2D eigenvalue weighted by molar-refractivity contribution is -0.132. The van der Waals surface area contributed by atoms with E-state index in [9.17, 15) is 4.79 Å². The molecule has 0 spiro atoms. The molecule has 5 aromatic rings. The summed E-state index contributed by atoms with van der Waals surface area (Å²) in [4.78, 5) is 16.0. The summed E-state index contributed by atoms with van der Waals surface area (Å²) < 4.78 is 10.2. The van der Waals surface area contributed by atoms with Crippen molar-refractivity contribution in [1.82, 2.24) is 19.2 Å². The summed E-state index contributed by atoms with van der Waals surface area (Å²) in [6, 6.07) is 28.0. The first kappa shape index (κ1) is 20.8. The van der Waals surface area contributed by atoms with E-state index in [0.29, 0.717) is 13.1 Å². The number of aryl methyl sites for hydroxylation is 1. The van der Waals surface area contributed by atoms with Gasteiger partial charge in [0, 0.05) is 29.1 Å². The van der Waals surface area contributed by atoms with Gasteiger partial charge in [-0.15, -0.1) is 0 Å². The summed E-state index contributed by atoms with van der Waals surface area (Å²) in [5.41, 5.74) is 6.02. The molecule has 0 N–H and O–H groups in total. The number of fused-ring (bicyclic) bond motifs is 3. The van der Waals surface area contributed by atoms with E-state index < -0.39 is 5.92 Å². The number of amides is 1. The molecule has 6 heteroatoms. The summed E-state index contributed by atoms with van der Waals surface area (Å²) in [6.45, 7) is 3.06. The van der Waals surface area contributed by atoms with Crippen molar-refractivity contribution in [2.45, 2.75) is 25.9 Å². The van der Waals surface area contributed by atoms with Crippen LogP contribution in [0.2, 0.25) is 0 Å². The average molecular weight is 473 g/mol. The summed E-state index contributed by atoms with van der Waals surface area (Å²) in [5.74, 6) is 2.11. The van der Waals surface area contributed by atoms with Crippen LogP contribution >= 0.6 is 0 Å². The number of nitrogens with zero attached hydrogens (tertiary/aromatic N) is 4. The fourth-order valence-corrected chi connectivity index (χ4v) is 5.32. The van der Waals surface area contributed by atoms with E-state index >= 15 is 0 Å². The van der Waals surface area contributed by atoms with Crippen molar-refractivity contribution < 1.29 is 9.53 Å². The fourth-order valence-electron chi connectivity index (χ4n) is 5.32. The average Bonchev–Trinajstić information content (AvgIpc) is 3.64. The highest BCUT2D eigenvalue weighted by Gasteiger charge is 2.39. The van der Waals surface area contributed by atoms with Gasteiger partial charge in [-0.1, -0.05) is 54.1 Å². The van der Waals surface area contributed by atoms with Crippen LogP contribution < -0.4 is 4.74 Å². The lowest BCUT2D eigenvalue weighted by Gasteiger charge is -2.30. The third-order valence-electron chi connectivity index (χ3n) is 7.10. The minimum absolute atomic E-state index is 0.0662. The summed E-state index contributed by atoms with van der Waals surface area (Å²) in [5, 5.41) is 4.99. The van der Waals surface area contributed by atoms with Gasteiger partial charge in [-0.05, 0) is 43.3 Å². The minimum Gasteiger partial charge on any atom is -0.457 e. The number of hydrogen-bond acceptors (Lipinski definition) is 3. The predicted molar refractivity (Wildman–Crippen MR) is 137 cm³/mol. The monoisotopic (exact) mass is 472 g/mol. The minimum atomic E-state index is -0.408. The Kier molecular flexibility index (Phi) is 4.61. The quantitative estimate of drug-likeness (QED) is 0.336. The molecule has 6 nitrogen and oxygen atoms in total. The van der Waals surface area contributed by atoms with E-state index in [2.05, 4.69) is 35.8 Å². The highest BCUT2D eigenvalue weighted by molar-refractivity contribution is 5.90. The molecule has 0 aliphatic carbocycles. The molecule has 3 aromatic carbocycles. The molecule has 0 fully saturated rings. The number of para-hydroxylation sites is 2. The SMILES string of the molecule is Cc1ccc(-n2nc3c(c2-n2cccc2)CN(C(=O)C2c4ccccc4Oc4ccccc42)C3)cc1. The van der Waals surface area contributed by atoms with Gasteiger partial charge in [0.25, 0.3) is 0 Å². The molecule has 2 aliphatic rings. The van der Waals surface area contributed by atoms with Crippen molar-refractivity contribution in [2.24, 2.45) is 0 Å². The highest BCUT2D eigenvalue weighted by Crippen LogP contribution is 2.45. The number of carbonyl (C=O) groups excluding carboxylic acids is 1. The lowest BCUT2D eigenvalue weighted by atomic mass is 9.87. The summed E-state index contributed by atoms with van der Waals surface area (Å²) >= 11 is 0. The van der Waals surface area contributed by atoms with Gasteiger partial charge in [0.2, 0.25) is 5.91 Å². The van der Waals surface area contributed by atoms with Crippen LogP contribution in [0.1, 0.15) is 33.9 Å². The van der Waals surface area contributed by atoms with Crippen molar-refractivity contribution >= 4 is 5.91 Å². The van der Waals surface area contributed by atoms with Crippen LogP contribution in [-0.2, 0) is 17.9 Å². The Bertz CT molecular complexity index is 1550. The number of aromatic nitrogens is 3. The molecule has 0 saturated carbocycles. The van der Waals surface area contributed by atoms with Crippen LogP contribution in [0, 0.1) is 6.92 Å². The second-order valence-corrected chi connectivity index (χ2v) is 9.39. The van der Waals surface area contributed by atoms with Gasteiger partial charge in [0.1, 0.15) is 17.3 Å². The van der Waals surface area contributed by atoms with E-state index in [-0.39, 0.29) is 5.91 Å². The van der Waals surface area contributed by atoms with Gasteiger partial charge in [0.15, 0.2) is 0 Å². The number of benzene rings is 3. The zero-order valence-corrected chi connectivity index (χ0v) is 19.8. The van der Waals surface area contributed by atoms with Gasteiger partial charge >= 0.3 is 0 Å². The van der Waals surface area contributed by atoms with Gasteiger partial charge in [-0.3, -0.25) is 4.79 Å². The molecule has 0 bridgehead atoms. The van der Waals surface area contributed by atoms with E-state index in [1.165, 1.54) is 5.56 Å². The normalized spacial score (nSPS) is 14.2. The molecule has 176 valence electrons. The first-order valence-electron chi connectivity index (χ1n) is 12.1. The third-order valence-corrected chi connectivity index (χ3v) is 7.10. The molecule has 7 rings (SSSR count). The maximum absolute atomic E-state index is 14.1. The number of hydrogen-bond donors (Lipinski definition) is 0. The maximum atomic E-state index is 14.1. The third kappa shape index (κ3) is 3.18. The number of carbonyl (C=O) groups is 1. The standard InChI is InChI=1S/C30H24N4O2/c1-20-12-14-21(15-13-20)34-29(32-16-6-7-17-32)24-18-33(19-25(24)31-34)30(35)28-22-8-2-4-10-26(22)36-27-11-5-3-9-23(27)28/h2-17,28H,18-19H2,1H3. The molecule has 36 heavy (non-hydrogen) atoms. The molecular weight excluding hydrogens is 448 g/mol. The van der Waals surface area contributed by atoms with E-state index in [4.69, 9.17) is 9.84 Å². The van der Waals surface area contributed by atoms with E-state index in [1.54, 1.807) is 0 Å². The summed E-state index contributed by atoms with van der Waals surface area (Å²) in [6.07, 6.45) is 4.05. The van der Waals surface area contributed by atoms with Gasteiger partial charge in [-0.2, -0.15) is 5.10 Å². The Morgan fingerprint density at radius 1 is 0.833 bits per heavy atom. The molecule has 4 heterocycles. The van der Waals surface area contributed by atoms with Crippen molar-refractivity contribution in [3.05, 3.63) is 125 Å². The van der Waals surface area contributed by atoms with Crippen molar-refractivity contribution in [1.29, 1.82) is 0 Å². The van der Waals surface area contributed by atoms with Crippen LogP contribution in [0.5, 0.6) is 11.5 Å². The van der Waals surface area contributed by atoms with Crippen molar-refractivity contribution in [2.75, 3.05) is 0 Å². The Morgan fingerprint density at radius 2 is 1.47 bits per heavy atom. The fraction of sp³-hybridized carbons (Fsp3) is 0.133. The topological polar surface area (TPSA) is 52.3 Å². The maximum Gasteiger partial charge on any atom is 0.235 e. The summed E-state index contributed by atoms with van der Waals surface area (Å²) in [7, 11) is 0. The highest BCUT2D eigenvalue weighted by atomic mass is 16.5. The van der Waals surface area contributed by atoms with Crippen LogP contribution in [0.15, 0.2) is 97.3 Å². The molecule has 0 radical (unpaired) electrons. The molecule has 2 aliphatic heterocycles. The second-order valence-electron chi connectivity index (χ2n) is 9.39. The Balaban J connectivity index is 1.28. The van der Waals surface area contributed by atoms with E-state index in [0.717, 1.165) is 45.4 Å². The van der Waals surface area contributed by atoms with Crippen LogP contribution in [0.25, 0.3) is 11.5 Å². The lowest BCUT2D eigenvalue weighted by Crippen LogP contribution is -2.33. The Labute approximate surface area is 209 Å². The zero-order chi connectivity index (χ0) is 24.2. The Hall–Kier alpha value is -4.58. The molecular formula is C30H24N4O2. The van der Waals surface area contributed by atoms with Gasteiger partial charge < -0.3 is 14.2 Å². The van der Waals surface area contributed by atoms with Crippen molar-refractivity contribution in [3.8, 4) is 23.0 Å². The molecule has 0 atom stereocenters. The Morgan fingerprint density at radius 3 is 2.14 bits per heavy atom. The number of rotatable bonds is 3. The largest absolute Gasteiger partial charge is 0.457 e. The smallest absolute Gasteiger partial charge is 0.235 e. The van der Waals surface area contributed by atoms with E-state index in [1.807, 2.05) is 82.6 Å². The molecule has 2 aromatic heterocycles. The van der Waals surface area contributed by atoms with Gasteiger partial charge in [0.05, 0.1) is 30.4 Å². The molecule has 0 unspecified atom stereocenters. The molecule has 1 amide bonds. The zero-order valence-electron chi connectivity index (χ0n) is 19.8. The number of ether oxygens (including phenoxy) is 1. The van der Waals surface area contributed by atoms with Gasteiger partial charge in [-0.25, -0.2) is 4.68 Å². The molecule has 0 saturated heterocycles. The first-order valence-corrected chi connectivity index (χ1v) is 12.1. The van der Waals surface area contributed by atoms with Crippen LogP contribution in [-0.4, -0.2) is 25.2 Å². The van der Waals surface area contributed by atoms with Crippen molar-refractivity contribution in [3.63, 3.8) is 0 Å². The van der Waals surface area contributed by atoms with Crippen LogP contribution in [0.3, 0.4) is 0 Å². The second kappa shape index (κ2) is 7.99. The van der Waals surface area contributed by atoms with Crippen LogP contribution in [0.4, 0.5) is 0 Å².